The summed E-state index contributed by atoms with van der Waals surface area (Å²) in [5.41, 5.74) is 7.24. The molecule has 2 unspecified atom stereocenters. The van der Waals surface area contributed by atoms with E-state index in [1.165, 1.54) is 0 Å². The minimum atomic E-state index is -1.19. The highest BCUT2D eigenvalue weighted by atomic mass is 16.5. The van der Waals surface area contributed by atoms with E-state index < -0.39 is 24.0 Å². The Labute approximate surface area is 185 Å². The SMILES string of the molecule is CCOC(=O)C1=C(C)OC(N)=C(C#N)C1c1ccc(OC(C(=O)O)c2ccccc2)cc1. The van der Waals surface area contributed by atoms with Gasteiger partial charge in [-0.3, -0.25) is 0 Å². The first-order valence-electron chi connectivity index (χ1n) is 9.87. The number of hydrogen-bond acceptors (Lipinski definition) is 7. The number of rotatable bonds is 7. The number of carboxylic acid groups (broad SMARTS) is 1. The van der Waals surface area contributed by atoms with E-state index in [1.54, 1.807) is 68.4 Å². The zero-order valence-corrected chi connectivity index (χ0v) is 17.6. The minimum Gasteiger partial charge on any atom is -0.478 e. The van der Waals surface area contributed by atoms with Crippen LogP contribution in [0.2, 0.25) is 0 Å². The molecule has 3 rings (SSSR count). The third-order valence-electron chi connectivity index (χ3n) is 4.89. The molecule has 0 fully saturated rings. The van der Waals surface area contributed by atoms with Crippen LogP contribution < -0.4 is 10.5 Å². The van der Waals surface area contributed by atoms with E-state index in [2.05, 4.69) is 0 Å². The van der Waals surface area contributed by atoms with E-state index in [9.17, 15) is 20.0 Å². The van der Waals surface area contributed by atoms with Crippen LogP contribution in [0.5, 0.6) is 5.75 Å². The molecular formula is C24H22N2O6. The highest BCUT2D eigenvalue weighted by Crippen LogP contribution is 2.40. The maximum Gasteiger partial charge on any atom is 0.349 e. The number of nitrogens with zero attached hydrogens (tertiary/aromatic N) is 1. The molecule has 0 saturated heterocycles. The van der Waals surface area contributed by atoms with Crippen molar-refractivity contribution in [3.05, 3.63) is 88.5 Å². The summed E-state index contributed by atoms with van der Waals surface area (Å²) in [7, 11) is 0. The second kappa shape index (κ2) is 9.71. The largest absolute Gasteiger partial charge is 0.478 e. The van der Waals surface area contributed by atoms with Crippen LogP contribution in [-0.2, 0) is 19.1 Å². The monoisotopic (exact) mass is 434 g/mol. The second-order valence-corrected chi connectivity index (χ2v) is 6.93. The molecular weight excluding hydrogens is 412 g/mol. The summed E-state index contributed by atoms with van der Waals surface area (Å²) in [6.45, 7) is 3.42. The molecule has 2 aromatic carbocycles. The number of benzene rings is 2. The number of ether oxygens (including phenoxy) is 3. The number of aliphatic carboxylic acids is 1. The van der Waals surface area contributed by atoms with Gasteiger partial charge in [0.2, 0.25) is 12.0 Å². The van der Waals surface area contributed by atoms with Gasteiger partial charge >= 0.3 is 11.9 Å². The number of hydrogen-bond donors (Lipinski definition) is 2. The van der Waals surface area contributed by atoms with Gasteiger partial charge in [0, 0.05) is 5.56 Å². The van der Waals surface area contributed by atoms with Crippen molar-refractivity contribution in [1.29, 1.82) is 5.26 Å². The van der Waals surface area contributed by atoms with Gasteiger partial charge in [-0.05, 0) is 31.5 Å². The summed E-state index contributed by atoms with van der Waals surface area (Å²) in [5.74, 6) is -2.04. The first-order valence-corrected chi connectivity index (χ1v) is 9.87. The summed E-state index contributed by atoms with van der Waals surface area (Å²) in [4.78, 5) is 24.3. The van der Waals surface area contributed by atoms with Gasteiger partial charge in [-0.1, -0.05) is 42.5 Å². The van der Waals surface area contributed by atoms with E-state index in [0.717, 1.165) is 0 Å². The Balaban J connectivity index is 1.95. The van der Waals surface area contributed by atoms with Crippen LogP contribution in [-0.4, -0.2) is 23.7 Å². The smallest absolute Gasteiger partial charge is 0.349 e. The number of carboxylic acids is 1. The summed E-state index contributed by atoms with van der Waals surface area (Å²) in [5, 5.41) is 19.2. The lowest BCUT2D eigenvalue weighted by Gasteiger charge is -2.27. The average Bonchev–Trinajstić information content (AvgIpc) is 2.78. The Morgan fingerprint density at radius 1 is 1.19 bits per heavy atom. The average molecular weight is 434 g/mol. The van der Waals surface area contributed by atoms with Crippen molar-refractivity contribution in [3.63, 3.8) is 0 Å². The van der Waals surface area contributed by atoms with Gasteiger partial charge in [0.15, 0.2) is 0 Å². The molecule has 0 bridgehead atoms. The van der Waals surface area contributed by atoms with Crippen LogP contribution in [0.15, 0.2) is 77.4 Å². The normalized spacial score (nSPS) is 16.6. The third-order valence-corrected chi connectivity index (χ3v) is 4.89. The summed E-state index contributed by atoms with van der Waals surface area (Å²) >= 11 is 0. The Hall–Kier alpha value is -4.25. The first-order chi connectivity index (χ1) is 15.4. The lowest BCUT2D eigenvalue weighted by Crippen LogP contribution is -2.25. The van der Waals surface area contributed by atoms with Crippen LogP contribution >= 0.6 is 0 Å². The quantitative estimate of drug-likeness (QED) is 0.633. The maximum atomic E-state index is 12.6. The molecule has 1 heterocycles. The molecule has 1 aliphatic heterocycles. The van der Waals surface area contributed by atoms with Gasteiger partial charge in [0.25, 0.3) is 0 Å². The summed E-state index contributed by atoms with van der Waals surface area (Å²) in [6.07, 6.45) is -1.19. The van der Waals surface area contributed by atoms with E-state index in [1.807, 2.05) is 6.07 Å². The van der Waals surface area contributed by atoms with Gasteiger partial charge in [-0.2, -0.15) is 5.26 Å². The van der Waals surface area contributed by atoms with Crippen molar-refractivity contribution >= 4 is 11.9 Å². The van der Waals surface area contributed by atoms with Crippen molar-refractivity contribution in [3.8, 4) is 11.8 Å². The van der Waals surface area contributed by atoms with Crippen LogP contribution in [0.3, 0.4) is 0 Å². The van der Waals surface area contributed by atoms with Crippen molar-refractivity contribution in [1.82, 2.24) is 0 Å². The van der Waals surface area contributed by atoms with Crippen LogP contribution in [0.1, 0.15) is 37.0 Å². The first kappa shape index (κ1) is 22.4. The molecule has 1 aliphatic rings. The number of nitrogens with two attached hydrogens (primary N) is 1. The molecule has 3 N–H and O–H groups in total. The molecule has 8 heteroatoms. The van der Waals surface area contributed by atoms with Crippen molar-refractivity contribution in [2.45, 2.75) is 25.9 Å². The fourth-order valence-corrected chi connectivity index (χ4v) is 3.45. The molecule has 2 atom stereocenters. The lowest BCUT2D eigenvalue weighted by molar-refractivity contribution is -0.145. The van der Waals surface area contributed by atoms with Gasteiger partial charge in [-0.15, -0.1) is 0 Å². The molecule has 0 saturated carbocycles. The van der Waals surface area contributed by atoms with E-state index >= 15 is 0 Å². The topological polar surface area (TPSA) is 132 Å². The minimum absolute atomic E-state index is 0.0834. The van der Waals surface area contributed by atoms with Gasteiger partial charge in [-0.25, -0.2) is 9.59 Å². The summed E-state index contributed by atoms with van der Waals surface area (Å²) in [6, 6.07) is 17.0. The maximum absolute atomic E-state index is 12.6. The van der Waals surface area contributed by atoms with Crippen molar-refractivity contribution in [2.75, 3.05) is 6.61 Å². The molecule has 0 aromatic heterocycles. The predicted octanol–water partition coefficient (Wildman–Crippen LogP) is 3.54. The van der Waals surface area contributed by atoms with E-state index in [4.69, 9.17) is 19.9 Å². The van der Waals surface area contributed by atoms with Gasteiger partial charge in [0.05, 0.1) is 18.1 Å². The fourth-order valence-electron chi connectivity index (χ4n) is 3.45. The Morgan fingerprint density at radius 3 is 2.41 bits per heavy atom. The third kappa shape index (κ3) is 4.57. The van der Waals surface area contributed by atoms with Crippen LogP contribution in [0, 0.1) is 11.3 Å². The van der Waals surface area contributed by atoms with Crippen LogP contribution in [0.4, 0.5) is 0 Å². The van der Waals surface area contributed by atoms with Gasteiger partial charge < -0.3 is 25.1 Å². The van der Waals surface area contributed by atoms with Crippen molar-refractivity contribution in [2.24, 2.45) is 5.73 Å². The molecule has 0 aliphatic carbocycles. The number of esters is 1. The number of carbonyl (C=O) groups is 2. The van der Waals surface area contributed by atoms with Crippen LogP contribution in [0.25, 0.3) is 0 Å². The molecule has 32 heavy (non-hydrogen) atoms. The Kier molecular flexibility index (Phi) is 6.80. The lowest BCUT2D eigenvalue weighted by atomic mass is 9.83. The molecule has 0 radical (unpaired) electrons. The molecule has 2 aromatic rings. The Bertz CT molecular complexity index is 1110. The predicted molar refractivity (Wildman–Crippen MR) is 114 cm³/mol. The molecule has 0 amide bonds. The highest BCUT2D eigenvalue weighted by molar-refractivity contribution is 5.92. The molecule has 0 spiro atoms. The molecule has 164 valence electrons. The second-order valence-electron chi connectivity index (χ2n) is 6.93. The Morgan fingerprint density at radius 2 is 1.84 bits per heavy atom. The van der Waals surface area contributed by atoms with E-state index in [-0.39, 0.29) is 29.4 Å². The van der Waals surface area contributed by atoms with Gasteiger partial charge in [0.1, 0.15) is 23.2 Å². The van der Waals surface area contributed by atoms with E-state index in [0.29, 0.717) is 16.9 Å². The summed E-state index contributed by atoms with van der Waals surface area (Å²) < 4.78 is 16.2. The standard InChI is InChI=1S/C24H22N2O6/c1-3-30-24(29)19-14(2)31-22(26)18(13-25)20(19)15-9-11-17(12-10-15)32-21(23(27)28)16-7-5-4-6-8-16/h4-12,20-21H,3,26H2,1-2H3,(H,27,28). The zero-order chi connectivity index (χ0) is 23.3. The molecule has 8 nitrogen and oxygen atoms in total. The fraction of sp³-hybridized carbons (Fsp3) is 0.208. The zero-order valence-electron chi connectivity index (χ0n) is 17.6. The highest BCUT2D eigenvalue weighted by Gasteiger charge is 2.36. The number of carbonyl (C=O) groups excluding carboxylic acids is 1. The van der Waals surface area contributed by atoms with Crippen molar-refractivity contribution < 1.29 is 28.9 Å². The number of allylic oxidation sites excluding steroid dienone is 2. The number of nitriles is 1.